The minimum atomic E-state index is -2.70. The average molecular weight is 849 g/mol. The number of hydrogen-bond donors (Lipinski definition) is 0. The molecule has 0 bridgehead atoms. The summed E-state index contributed by atoms with van der Waals surface area (Å²) in [7, 11) is -2.70. The summed E-state index contributed by atoms with van der Waals surface area (Å²) >= 11 is 1.89. The molecule has 0 N–H and O–H groups in total. The smallest absolute Gasteiger partial charge is 0.179 e. The molecular weight excluding hydrogens is 809 g/mol. The minimum Gasteiger partial charge on any atom is -0.307 e. The second kappa shape index (κ2) is 14.7. The molecule has 0 atom stereocenters. The van der Waals surface area contributed by atoms with E-state index in [-0.39, 0.29) is 0 Å². The van der Waals surface area contributed by atoms with Crippen molar-refractivity contribution in [2.24, 2.45) is 0 Å². The molecule has 0 fully saturated rings. The van der Waals surface area contributed by atoms with E-state index in [2.05, 4.69) is 252 Å². The monoisotopic (exact) mass is 848 g/mol. The minimum absolute atomic E-state index is 1.14. The van der Waals surface area contributed by atoms with Crippen LogP contribution in [0.15, 0.2) is 243 Å². The maximum atomic E-state index is 2.52. The molecule has 0 amide bonds. The van der Waals surface area contributed by atoms with Gasteiger partial charge in [-0.25, -0.2) is 0 Å². The summed E-state index contributed by atoms with van der Waals surface area (Å²) in [6, 6.07) is 90.3. The Kier molecular flexibility index (Phi) is 8.45. The van der Waals surface area contributed by atoms with Crippen molar-refractivity contribution < 1.29 is 0 Å². The van der Waals surface area contributed by atoms with Crippen LogP contribution in [0.5, 0.6) is 0 Å². The Balaban J connectivity index is 1.06. The normalized spacial score (nSPS) is 12.1. The van der Waals surface area contributed by atoms with Crippen LogP contribution in [0.25, 0.3) is 86.3 Å². The van der Waals surface area contributed by atoms with Crippen LogP contribution in [-0.4, -0.2) is 17.2 Å². The number of rotatable bonds is 7. The van der Waals surface area contributed by atoms with Gasteiger partial charge in [-0.05, 0) is 68.8 Å². The first-order valence-corrected chi connectivity index (χ1v) is 24.8. The number of thiophene rings is 1. The Labute approximate surface area is 376 Å². The van der Waals surface area contributed by atoms with E-state index in [1.165, 1.54) is 95.7 Å². The van der Waals surface area contributed by atoms with Crippen molar-refractivity contribution in [1.82, 2.24) is 9.13 Å². The van der Waals surface area contributed by atoms with Crippen LogP contribution < -0.4 is 20.7 Å². The highest BCUT2D eigenvalue weighted by molar-refractivity contribution is 7.26. The lowest BCUT2D eigenvalue weighted by molar-refractivity contribution is 1.13. The first kappa shape index (κ1) is 36.9. The third-order valence-corrected chi connectivity index (χ3v) is 19.5. The lowest BCUT2D eigenvalue weighted by Gasteiger charge is -2.34. The molecule has 300 valence electrons. The van der Waals surface area contributed by atoms with Crippen LogP contribution >= 0.6 is 11.3 Å². The summed E-state index contributed by atoms with van der Waals surface area (Å²) in [6.07, 6.45) is 0. The Morgan fingerprint density at radius 3 is 1.48 bits per heavy atom. The molecule has 0 saturated carbocycles. The van der Waals surface area contributed by atoms with E-state index in [0.29, 0.717) is 0 Å². The number of nitrogens with zero attached hydrogens (tertiary/aromatic N) is 2. The van der Waals surface area contributed by atoms with Crippen molar-refractivity contribution in [1.29, 1.82) is 0 Å². The molecule has 4 heteroatoms. The molecule has 13 rings (SSSR count). The van der Waals surface area contributed by atoms with Crippen molar-refractivity contribution in [3.8, 4) is 22.5 Å². The molecule has 0 aliphatic carbocycles. The summed E-state index contributed by atoms with van der Waals surface area (Å²) in [4.78, 5) is 0. The van der Waals surface area contributed by atoms with Gasteiger partial charge in [0.15, 0.2) is 8.07 Å². The van der Waals surface area contributed by atoms with Crippen molar-refractivity contribution >= 4 is 104 Å². The van der Waals surface area contributed by atoms with E-state index in [1.807, 2.05) is 11.3 Å². The van der Waals surface area contributed by atoms with Gasteiger partial charge in [0.1, 0.15) is 0 Å². The highest BCUT2D eigenvalue weighted by Crippen LogP contribution is 2.45. The molecule has 3 aromatic heterocycles. The second-order valence-electron chi connectivity index (χ2n) is 16.8. The summed E-state index contributed by atoms with van der Waals surface area (Å²) in [5.74, 6) is 0. The van der Waals surface area contributed by atoms with Crippen LogP contribution in [0.4, 0.5) is 0 Å². The number of benzene rings is 10. The van der Waals surface area contributed by atoms with Gasteiger partial charge in [-0.3, -0.25) is 0 Å². The number of para-hydroxylation sites is 3. The number of fused-ring (bicyclic) bond motifs is 9. The second-order valence-corrected chi connectivity index (χ2v) is 21.6. The van der Waals surface area contributed by atoms with Crippen LogP contribution in [0.2, 0.25) is 0 Å². The fraction of sp³-hybridized carbons (Fsp3) is 0. The van der Waals surface area contributed by atoms with E-state index in [1.54, 1.807) is 0 Å². The van der Waals surface area contributed by atoms with Crippen molar-refractivity contribution in [2.45, 2.75) is 0 Å². The van der Waals surface area contributed by atoms with Crippen molar-refractivity contribution in [2.75, 3.05) is 0 Å². The van der Waals surface area contributed by atoms with Gasteiger partial charge in [-0.1, -0.05) is 200 Å². The Morgan fingerprint density at radius 1 is 0.312 bits per heavy atom. The highest BCUT2D eigenvalue weighted by atomic mass is 32.1. The predicted octanol–water partition coefficient (Wildman–Crippen LogP) is 13.3. The molecule has 0 radical (unpaired) electrons. The average Bonchev–Trinajstić information content (AvgIpc) is 4.04. The molecule has 10 aromatic carbocycles. The molecule has 0 spiro atoms. The summed E-state index contributed by atoms with van der Waals surface area (Å²) in [5.41, 5.74) is 9.59. The molecule has 0 unspecified atom stereocenters. The largest absolute Gasteiger partial charge is 0.307 e. The maximum absolute atomic E-state index is 2.70. The van der Waals surface area contributed by atoms with Crippen molar-refractivity contribution in [3.63, 3.8) is 0 Å². The fourth-order valence-corrected chi connectivity index (χ4v) is 16.8. The summed E-state index contributed by atoms with van der Waals surface area (Å²) < 4.78 is 7.67. The molecule has 0 aliphatic rings. The first-order valence-electron chi connectivity index (χ1n) is 22.0. The van der Waals surface area contributed by atoms with Gasteiger partial charge in [-0.2, -0.15) is 0 Å². The summed E-state index contributed by atoms with van der Waals surface area (Å²) in [5, 5.41) is 13.1. The number of aromatic nitrogens is 2. The van der Waals surface area contributed by atoms with Gasteiger partial charge in [0.25, 0.3) is 0 Å². The fourth-order valence-electron chi connectivity index (χ4n) is 10.8. The van der Waals surface area contributed by atoms with E-state index in [9.17, 15) is 0 Å². The zero-order valence-corrected chi connectivity index (χ0v) is 36.7. The molecule has 0 saturated heterocycles. The maximum Gasteiger partial charge on any atom is 0.179 e. The van der Waals surface area contributed by atoms with Gasteiger partial charge in [0.05, 0.1) is 27.8 Å². The van der Waals surface area contributed by atoms with Gasteiger partial charge < -0.3 is 9.13 Å². The molecular formula is C60H40N2SSi. The lowest BCUT2D eigenvalue weighted by Crippen LogP contribution is -2.74. The van der Waals surface area contributed by atoms with Crippen molar-refractivity contribution in [3.05, 3.63) is 243 Å². The Morgan fingerprint density at radius 2 is 0.797 bits per heavy atom. The molecule has 13 aromatic rings. The zero-order chi connectivity index (χ0) is 42.2. The van der Waals surface area contributed by atoms with E-state index in [0.717, 1.165) is 11.4 Å². The van der Waals surface area contributed by atoms with Crippen LogP contribution in [0.3, 0.4) is 0 Å². The quantitative estimate of drug-likeness (QED) is 0.112. The van der Waals surface area contributed by atoms with E-state index in [4.69, 9.17) is 0 Å². The Bertz CT molecular complexity index is 3790. The highest BCUT2D eigenvalue weighted by Gasteiger charge is 2.41. The molecule has 2 nitrogen and oxygen atoms in total. The number of hydrogen-bond acceptors (Lipinski definition) is 1. The molecule has 0 aliphatic heterocycles. The molecule has 64 heavy (non-hydrogen) atoms. The third-order valence-electron chi connectivity index (χ3n) is 13.5. The first-order chi connectivity index (χ1) is 31.8. The van der Waals surface area contributed by atoms with Gasteiger partial charge in [0, 0.05) is 53.0 Å². The summed E-state index contributed by atoms with van der Waals surface area (Å²) in [6.45, 7) is 0. The topological polar surface area (TPSA) is 9.86 Å². The third kappa shape index (κ3) is 5.37. The van der Waals surface area contributed by atoms with E-state index < -0.39 is 8.07 Å². The van der Waals surface area contributed by atoms with Gasteiger partial charge >= 0.3 is 0 Å². The van der Waals surface area contributed by atoms with E-state index >= 15 is 0 Å². The predicted molar refractivity (Wildman–Crippen MR) is 277 cm³/mol. The van der Waals surface area contributed by atoms with Crippen LogP contribution in [-0.2, 0) is 0 Å². The van der Waals surface area contributed by atoms with Crippen LogP contribution in [0, 0.1) is 0 Å². The Hall–Kier alpha value is -7.76. The molecule has 3 heterocycles. The van der Waals surface area contributed by atoms with Gasteiger partial charge in [0.2, 0.25) is 0 Å². The van der Waals surface area contributed by atoms with Gasteiger partial charge in [-0.15, -0.1) is 11.3 Å². The SMILES string of the molecule is c1ccc([Si](c2ccccc2)(c2ccccc2)c2ccc(-n3c4ccccc4c4cccc(-n5c6ccccc6c6c(-c7cccc8c7sc7ccccc78)cccc65)c43)cc2)cc1. The zero-order valence-electron chi connectivity index (χ0n) is 34.9. The standard InChI is InChI=1S/C60H40N2SSi/c1-4-19-42(20-5-1)64(43-21-6-2-7-22-43,44-23-8-3-9-24-44)45-39-37-41(38-40-45)61-53-32-13-10-25-46(53)49-29-18-35-56(59(49)61)62-54-33-14-11-27-52(54)58-48(28-17-34-55(58)62)51-31-16-30-50-47-26-12-15-36-57(47)63-60(50)51/h1-40H. The van der Waals surface area contributed by atoms with Crippen LogP contribution in [0.1, 0.15) is 0 Å². The lowest BCUT2D eigenvalue weighted by atomic mass is 9.98.